The van der Waals surface area contributed by atoms with Gasteiger partial charge < -0.3 is 14.6 Å². The van der Waals surface area contributed by atoms with Crippen LogP contribution in [0, 0.1) is 6.92 Å². The van der Waals surface area contributed by atoms with Crippen molar-refractivity contribution < 1.29 is 28.1 Å². The van der Waals surface area contributed by atoms with Gasteiger partial charge in [-0.15, -0.1) is 0 Å². The van der Waals surface area contributed by atoms with Gasteiger partial charge in [0.1, 0.15) is 24.7 Å². The van der Waals surface area contributed by atoms with Crippen LogP contribution in [0.3, 0.4) is 0 Å². The Balaban J connectivity index is 1.58. The Bertz CT molecular complexity index is 1040. The fourth-order valence-electron chi connectivity index (χ4n) is 2.95. The number of para-hydroxylation sites is 1. The molecule has 0 saturated heterocycles. The highest BCUT2D eigenvalue weighted by atomic mass is 32.2. The van der Waals surface area contributed by atoms with Gasteiger partial charge >= 0.3 is 5.97 Å². The number of carbonyl (C=O) groups is 1. The van der Waals surface area contributed by atoms with Crippen LogP contribution in [0.2, 0.25) is 0 Å². The minimum absolute atomic E-state index is 0.109. The maximum absolute atomic E-state index is 11.9. The zero-order chi connectivity index (χ0) is 22.2. The maximum atomic E-state index is 11.9. The predicted octanol–water partition coefficient (Wildman–Crippen LogP) is 4.35. The smallest absolute Gasteiger partial charge is 0.307 e. The number of rotatable bonds is 10. The van der Waals surface area contributed by atoms with Gasteiger partial charge in [-0.1, -0.05) is 35.9 Å². The fourth-order valence-corrected chi connectivity index (χ4v) is 3.56. The van der Waals surface area contributed by atoms with Crippen molar-refractivity contribution in [2.45, 2.75) is 13.3 Å². The van der Waals surface area contributed by atoms with Crippen molar-refractivity contribution in [1.29, 1.82) is 0 Å². The summed E-state index contributed by atoms with van der Waals surface area (Å²) in [4.78, 5) is 10.9. The van der Waals surface area contributed by atoms with Gasteiger partial charge in [0.15, 0.2) is 0 Å². The van der Waals surface area contributed by atoms with Crippen molar-refractivity contribution in [2.75, 3.05) is 17.5 Å². The molecule has 3 rings (SSSR count). The van der Waals surface area contributed by atoms with E-state index in [0.29, 0.717) is 28.4 Å². The SMILES string of the molecule is Cc1ccc(N(c2ccc(OCCOc3ccccc3CC(=O)O)cc2)S(=O)O)cc1. The fraction of sp³-hybridized carbons (Fsp3) is 0.174. The Hall–Kier alpha value is -3.36. The zero-order valence-electron chi connectivity index (χ0n) is 16.9. The molecule has 1 unspecified atom stereocenters. The van der Waals surface area contributed by atoms with Crippen molar-refractivity contribution >= 4 is 28.6 Å². The van der Waals surface area contributed by atoms with Gasteiger partial charge in [0.2, 0.25) is 0 Å². The third kappa shape index (κ3) is 6.31. The minimum atomic E-state index is -2.22. The number of nitrogens with zero attached hydrogens (tertiary/aromatic N) is 1. The molecule has 162 valence electrons. The molecule has 0 radical (unpaired) electrons. The van der Waals surface area contributed by atoms with Gasteiger partial charge in [-0.2, -0.15) is 0 Å². The molecule has 7 nitrogen and oxygen atoms in total. The van der Waals surface area contributed by atoms with E-state index in [4.69, 9.17) is 14.6 Å². The molecule has 3 aromatic rings. The molecule has 0 saturated carbocycles. The van der Waals surface area contributed by atoms with E-state index in [1.807, 2.05) is 19.1 Å². The predicted molar refractivity (Wildman–Crippen MR) is 119 cm³/mol. The molecule has 0 fully saturated rings. The highest BCUT2D eigenvalue weighted by Gasteiger charge is 2.15. The topological polar surface area (TPSA) is 96.3 Å². The van der Waals surface area contributed by atoms with Crippen LogP contribution in [-0.4, -0.2) is 33.1 Å². The van der Waals surface area contributed by atoms with Crippen molar-refractivity contribution in [3.8, 4) is 11.5 Å². The lowest BCUT2D eigenvalue weighted by atomic mass is 10.1. The summed E-state index contributed by atoms with van der Waals surface area (Å²) >= 11 is -2.22. The number of aryl methyl sites for hydroxylation is 1. The normalized spacial score (nSPS) is 11.5. The Kier molecular flexibility index (Phi) is 7.64. The summed E-state index contributed by atoms with van der Waals surface area (Å²) in [7, 11) is 0. The van der Waals surface area contributed by atoms with E-state index in [0.717, 1.165) is 5.56 Å². The number of hydrogen-bond acceptors (Lipinski definition) is 4. The van der Waals surface area contributed by atoms with Gasteiger partial charge in [0.05, 0.1) is 17.8 Å². The third-order valence-corrected chi connectivity index (χ3v) is 5.15. The van der Waals surface area contributed by atoms with Crippen molar-refractivity contribution in [3.05, 3.63) is 83.9 Å². The molecule has 0 aliphatic rings. The average molecular weight is 442 g/mol. The standard InChI is InChI=1S/C23H23NO6S/c1-17-6-8-19(9-7-17)24(31(27)28)20-10-12-21(13-11-20)29-14-15-30-22-5-3-2-4-18(22)16-23(25)26/h2-13H,14-16H2,1H3,(H,25,26)(H,27,28). The van der Waals surface area contributed by atoms with Crippen LogP contribution in [0.5, 0.6) is 11.5 Å². The molecule has 8 heteroatoms. The van der Waals surface area contributed by atoms with Crippen LogP contribution < -0.4 is 13.8 Å². The van der Waals surface area contributed by atoms with E-state index in [-0.39, 0.29) is 19.6 Å². The van der Waals surface area contributed by atoms with E-state index in [1.165, 1.54) is 4.31 Å². The molecule has 0 aromatic heterocycles. The molecular weight excluding hydrogens is 418 g/mol. The minimum Gasteiger partial charge on any atom is -0.490 e. The number of carboxylic acid groups (broad SMARTS) is 1. The van der Waals surface area contributed by atoms with Crippen molar-refractivity contribution in [2.24, 2.45) is 0 Å². The molecule has 0 aliphatic heterocycles. The summed E-state index contributed by atoms with van der Waals surface area (Å²) in [6, 6.07) is 21.1. The first kappa shape index (κ1) is 22.3. The van der Waals surface area contributed by atoms with Crippen LogP contribution in [0.4, 0.5) is 11.4 Å². The second kappa shape index (κ2) is 10.6. The Morgan fingerprint density at radius 2 is 1.48 bits per heavy atom. The summed E-state index contributed by atoms with van der Waals surface area (Å²) in [5, 5.41) is 8.97. The molecule has 31 heavy (non-hydrogen) atoms. The lowest BCUT2D eigenvalue weighted by Gasteiger charge is -2.20. The van der Waals surface area contributed by atoms with Crippen LogP contribution >= 0.6 is 0 Å². The van der Waals surface area contributed by atoms with E-state index < -0.39 is 17.2 Å². The summed E-state index contributed by atoms with van der Waals surface area (Å²) < 4.78 is 34.2. The first-order valence-corrected chi connectivity index (χ1v) is 10.6. The highest BCUT2D eigenvalue weighted by Crippen LogP contribution is 2.28. The van der Waals surface area contributed by atoms with E-state index in [9.17, 15) is 13.6 Å². The highest BCUT2D eigenvalue weighted by molar-refractivity contribution is 7.81. The summed E-state index contributed by atoms with van der Waals surface area (Å²) in [5.41, 5.74) is 2.82. The van der Waals surface area contributed by atoms with Crippen LogP contribution in [0.15, 0.2) is 72.8 Å². The van der Waals surface area contributed by atoms with E-state index in [2.05, 4.69) is 0 Å². The first-order chi connectivity index (χ1) is 14.9. The number of ether oxygens (including phenoxy) is 2. The van der Waals surface area contributed by atoms with Gasteiger partial charge in [-0.3, -0.25) is 9.35 Å². The summed E-state index contributed by atoms with van der Waals surface area (Å²) in [6.07, 6.45) is -0.109. The molecule has 1 atom stereocenters. The Morgan fingerprint density at radius 1 is 0.903 bits per heavy atom. The molecule has 3 aromatic carbocycles. The van der Waals surface area contributed by atoms with Crippen LogP contribution in [-0.2, 0) is 22.5 Å². The van der Waals surface area contributed by atoms with Gasteiger partial charge in [-0.25, -0.2) is 8.51 Å². The quantitative estimate of drug-likeness (QED) is 0.359. The Labute approximate surface area is 183 Å². The molecule has 2 N–H and O–H groups in total. The average Bonchev–Trinajstić information content (AvgIpc) is 2.74. The van der Waals surface area contributed by atoms with Crippen molar-refractivity contribution in [3.63, 3.8) is 0 Å². The second-order valence-corrected chi connectivity index (χ2v) is 7.56. The van der Waals surface area contributed by atoms with Crippen LogP contribution in [0.1, 0.15) is 11.1 Å². The number of benzene rings is 3. The number of aliphatic carboxylic acids is 1. The lowest BCUT2D eigenvalue weighted by molar-refractivity contribution is -0.136. The molecule has 0 spiro atoms. The van der Waals surface area contributed by atoms with Gasteiger partial charge in [0.25, 0.3) is 11.3 Å². The largest absolute Gasteiger partial charge is 0.490 e. The molecule has 0 heterocycles. The van der Waals surface area contributed by atoms with Crippen molar-refractivity contribution in [1.82, 2.24) is 0 Å². The maximum Gasteiger partial charge on any atom is 0.307 e. The number of hydrogen-bond donors (Lipinski definition) is 2. The lowest BCUT2D eigenvalue weighted by Crippen LogP contribution is -2.19. The molecule has 0 bridgehead atoms. The molecular formula is C23H23NO6S. The summed E-state index contributed by atoms with van der Waals surface area (Å²) in [5.74, 6) is 0.178. The summed E-state index contributed by atoms with van der Waals surface area (Å²) in [6.45, 7) is 2.45. The van der Waals surface area contributed by atoms with Gasteiger partial charge in [0, 0.05) is 5.56 Å². The number of anilines is 2. The van der Waals surface area contributed by atoms with Gasteiger partial charge in [-0.05, 0) is 49.4 Å². The Morgan fingerprint density at radius 3 is 2.10 bits per heavy atom. The number of carboxylic acids is 1. The monoisotopic (exact) mass is 441 g/mol. The third-order valence-electron chi connectivity index (χ3n) is 4.42. The van der Waals surface area contributed by atoms with E-state index >= 15 is 0 Å². The second-order valence-electron chi connectivity index (χ2n) is 6.73. The molecule has 0 aliphatic carbocycles. The van der Waals surface area contributed by atoms with E-state index in [1.54, 1.807) is 60.7 Å². The molecule has 0 amide bonds. The zero-order valence-corrected chi connectivity index (χ0v) is 17.7. The first-order valence-electron chi connectivity index (χ1n) is 9.57. The van der Waals surface area contributed by atoms with Crippen LogP contribution in [0.25, 0.3) is 0 Å².